The van der Waals surface area contributed by atoms with Crippen molar-refractivity contribution in [2.24, 2.45) is 0 Å². The summed E-state index contributed by atoms with van der Waals surface area (Å²) >= 11 is 0. The van der Waals surface area contributed by atoms with E-state index in [-0.39, 0.29) is 20.2 Å². The van der Waals surface area contributed by atoms with Gasteiger partial charge in [-0.3, -0.25) is 4.79 Å². The van der Waals surface area contributed by atoms with Crippen LogP contribution in [0, 0.1) is 0 Å². The minimum Gasteiger partial charge on any atom is -0.408 e. The molecule has 0 amide bonds. The summed E-state index contributed by atoms with van der Waals surface area (Å²) in [5.41, 5.74) is 0. The molecule has 0 saturated carbocycles. The highest BCUT2D eigenvalue weighted by Gasteiger charge is 2.59. The molecule has 1 rings (SSSR count). The van der Waals surface area contributed by atoms with Gasteiger partial charge in [0.05, 0.1) is 0 Å². The van der Waals surface area contributed by atoms with E-state index in [0.717, 1.165) is 0 Å². The molecule has 0 aromatic heterocycles. The number of hydrogen-bond acceptors (Lipinski definition) is 7. The Hall–Kier alpha value is 0.298. The number of rotatable bonds is 10. The zero-order chi connectivity index (χ0) is 34.6. The van der Waals surface area contributed by atoms with Crippen LogP contribution in [0.3, 0.4) is 0 Å². The quantitative estimate of drug-likeness (QED) is 0.231. The fourth-order valence-corrected chi connectivity index (χ4v) is 8.78. The number of carbonyl (C=O) groups is 1. The summed E-state index contributed by atoms with van der Waals surface area (Å²) in [4.78, 5) is 13.9. The number of ketones is 1. The van der Waals surface area contributed by atoms with E-state index in [1.165, 1.54) is 6.92 Å². The van der Waals surface area contributed by atoms with Crippen LogP contribution in [0.15, 0.2) is 0 Å². The summed E-state index contributed by atoms with van der Waals surface area (Å²) in [5.74, 6) is -0.415. The largest absolute Gasteiger partial charge is 0.408 e. The highest BCUT2D eigenvalue weighted by molar-refractivity contribution is 6.75. The number of Topliss-reactive ketones (excluding diaryl/α,β-unsaturated/α-hetero) is 1. The van der Waals surface area contributed by atoms with Gasteiger partial charge in [-0.05, 0) is 79.5 Å². The van der Waals surface area contributed by atoms with Gasteiger partial charge in [-0.1, -0.05) is 83.1 Å². The van der Waals surface area contributed by atoms with Crippen molar-refractivity contribution in [1.82, 2.24) is 0 Å². The van der Waals surface area contributed by atoms with Crippen LogP contribution in [0.4, 0.5) is 0 Å². The van der Waals surface area contributed by atoms with E-state index in [1.807, 2.05) is 0 Å². The lowest BCUT2D eigenvalue weighted by atomic mass is 9.94. The first-order valence-corrected chi connectivity index (χ1v) is 27.8. The molecule has 2 unspecified atom stereocenters. The Balaban J connectivity index is 4.12. The molecule has 1 saturated heterocycles. The third kappa shape index (κ3) is 9.67. The lowest BCUT2D eigenvalue weighted by Gasteiger charge is -2.55. The number of carbonyl (C=O) groups excluding carboxylic acids is 1. The van der Waals surface area contributed by atoms with Gasteiger partial charge in [0.1, 0.15) is 30.5 Å². The fraction of sp³-hybridized carbons (Fsp3) is 0.969. The molecule has 0 aromatic carbocycles. The van der Waals surface area contributed by atoms with Crippen molar-refractivity contribution in [2.45, 2.75) is 199 Å². The first kappa shape index (κ1) is 41.3. The standard InChI is InChI=1S/C32H70O7Si4/c1-22(33)23(34)24-25(36-40(14,15)29(2,3)4)26(37-41(16,17)30(5,6)7)27(38-42(18,19)31(8,9)10)28(35-24)39-43(20,21)32(11,12)13/h22,24-28,33H,1-21H3/t22?,24-,25+,26+,27-,28?/m1/s1. The zero-order valence-corrected chi connectivity index (χ0v) is 35.9. The third-order valence-electron chi connectivity index (χ3n) is 11.1. The summed E-state index contributed by atoms with van der Waals surface area (Å²) in [6.45, 7) is 45.6. The first-order chi connectivity index (χ1) is 18.6. The van der Waals surface area contributed by atoms with Gasteiger partial charge in [0.25, 0.3) is 0 Å². The van der Waals surface area contributed by atoms with E-state index >= 15 is 0 Å². The molecule has 0 aliphatic carbocycles. The van der Waals surface area contributed by atoms with Crippen LogP contribution in [-0.2, 0) is 27.2 Å². The highest BCUT2D eigenvalue weighted by Crippen LogP contribution is 2.47. The number of ether oxygens (including phenoxy) is 1. The maximum Gasteiger partial charge on any atom is 0.195 e. The molecule has 11 heteroatoms. The van der Waals surface area contributed by atoms with Crippen molar-refractivity contribution in [3.8, 4) is 0 Å². The Labute approximate surface area is 270 Å². The van der Waals surface area contributed by atoms with Gasteiger partial charge in [0, 0.05) is 0 Å². The minimum absolute atomic E-state index is 0.0852. The van der Waals surface area contributed by atoms with Crippen molar-refractivity contribution in [2.75, 3.05) is 0 Å². The van der Waals surface area contributed by atoms with E-state index in [0.29, 0.717) is 0 Å². The molecule has 0 bridgehead atoms. The van der Waals surface area contributed by atoms with Gasteiger partial charge in [-0.2, -0.15) is 0 Å². The molecule has 256 valence electrons. The van der Waals surface area contributed by atoms with Crippen LogP contribution in [0.5, 0.6) is 0 Å². The summed E-state index contributed by atoms with van der Waals surface area (Å²) in [7, 11) is -9.71. The summed E-state index contributed by atoms with van der Waals surface area (Å²) in [6, 6.07) is 0. The van der Waals surface area contributed by atoms with Crippen molar-refractivity contribution < 1.29 is 32.3 Å². The van der Waals surface area contributed by atoms with E-state index in [2.05, 4.69) is 135 Å². The minimum atomic E-state index is -2.46. The molecule has 0 spiro atoms. The molecule has 0 radical (unpaired) electrons. The van der Waals surface area contributed by atoms with Crippen molar-refractivity contribution >= 4 is 39.1 Å². The molecule has 0 aromatic rings. The van der Waals surface area contributed by atoms with Crippen LogP contribution >= 0.6 is 0 Å². The second kappa shape index (κ2) is 13.1. The van der Waals surface area contributed by atoms with Crippen LogP contribution in [-0.4, -0.2) is 81.0 Å². The molecule has 1 N–H and O–H groups in total. The smallest absolute Gasteiger partial charge is 0.195 e. The third-order valence-corrected chi connectivity index (χ3v) is 29.0. The van der Waals surface area contributed by atoms with Crippen LogP contribution < -0.4 is 0 Å². The molecular weight excluding hydrogens is 609 g/mol. The van der Waals surface area contributed by atoms with Crippen molar-refractivity contribution in [1.29, 1.82) is 0 Å². The average molecular weight is 679 g/mol. The molecule has 43 heavy (non-hydrogen) atoms. The number of aliphatic hydroxyl groups excluding tert-OH is 1. The monoisotopic (exact) mass is 678 g/mol. The van der Waals surface area contributed by atoms with E-state index in [9.17, 15) is 9.90 Å². The molecule has 7 nitrogen and oxygen atoms in total. The lowest BCUT2D eigenvalue weighted by molar-refractivity contribution is -0.261. The number of hydrogen-bond donors (Lipinski definition) is 1. The van der Waals surface area contributed by atoms with Gasteiger partial charge < -0.3 is 27.5 Å². The second-order valence-corrected chi connectivity index (χ2v) is 37.9. The number of aliphatic hydroxyl groups is 1. The summed E-state index contributed by atoms with van der Waals surface area (Å²) < 4.78 is 35.5. The zero-order valence-electron chi connectivity index (χ0n) is 31.9. The van der Waals surface area contributed by atoms with Gasteiger partial charge in [0.2, 0.25) is 0 Å². The van der Waals surface area contributed by atoms with Crippen molar-refractivity contribution in [3.63, 3.8) is 0 Å². The van der Waals surface area contributed by atoms with E-state index in [4.69, 9.17) is 22.4 Å². The maximum absolute atomic E-state index is 13.9. The summed E-state index contributed by atoms with van der Waals surface area (Å²) in [5, 5.41) is 10.2. The van der Waals surface area contributed by atoms with Gasteiger partial charge in [-0.15, -0.1) is 0 Å². The molecular formula is C32H70O7Si4. The van der Waals surface area contributed by atoms with Crippen LogP contribution in [0.2, 0.25) is 72.5 Å². The van der Waals surface area contributed by atoms with E-state index < -0.39 is 75.9 Å². The molecule has 1 aliphatic rings. The molecule has 6 atom stereocenters. The van der Waals surface area contributed by atoms with Crippen molar-refractivity contribution in [3.05, 3.63) is 0 Å². The molecule has 1 heterocycles. The second-order valence-electron chi connectivity index (χ2n) is 18.9. The predicted molar refractivity (Wildman–Crippen MR) is 190 cm³/mol. The van der Waals surface area contributed by atoms with E-state index in [1.54, 1.807) is 0 Å². The first-order valence-electron chi connectivity index (χ1n) is 16.2. The Morgan fingerprint density at radius 1 is 0.558 bits per heavy atom. The van der Waals surface area contributed by atoms with Gasteiger partial charge in [0.15, 0.2) is 45.3 Å². The lowest BCUT2D eigenvalue weighted by Crippen LogP contribution is -2.70. The Morgan fingerprint density at radius 2 is 0.837 bits per heavy atom. The Kier molecular flexibility index (Phi) is 12.6. The molecule has 1 aliphatic heterocycles. The SMILES string of the molecule is CC(O)C(=O)[C@H]1OC(O[Si](C)(C)C(C)(C)C)[C@H](O[Si](C)(C)C(C)(C)C)[C@@H](O[Si](C)(C)C(C)(C)C)[C@H]1O[Si](C)(C)C(C)(C)C. The molecule has 1 fully saturated rings. The Morgan fingerprint density at radius 3 is 1.14 bits per heavy atom. The summed E-state index contributed by atoms with van der Waals surface area (Å²) in [6.07, 6.45) is -5.13. The predicted octanol–water partition coefficient (Wildman–Crippen LogP) is 8.85. The van der Waals surface area contributed by atoms with Gasteiger partial charge in [-0.25, -0.2) is 0 Å². The van der Waals surface area contributed by atoms with Gasteiger partial charge >= 0.3 is 0 Å². The van der Waals surface area contributed by atoms with Crippen LogP contribution in [0.1, 0.15) is 90.0 Å². The topological polar surface area (TPSA) is 83.5 Å². The highest BCUT2D eigenvalue weighted by atomic mass is 28.4. The average Bonchev–Trinajstić information content (AvgIpc) is 2.73. The Bertz CT molecular complexity index is 951. The normalized spacial score (nSPS) is 26.4. The maximum atomic E-state index is 13.9. The fourth-order valence-electron chi connectivity index (χ4n) is 3.78. The van der Waals surface area contributed by atoms with Crippen LogP contribution in [0.25, 0.3) is 0 Å².